The van der Waals surface area contributed by atoms with Gasteiger partial charge in [0.1, 0.15) is 5.75 Å². The third kappa shape index (κ3) is 5.88. The molecule has 33 heavy (non-hydrogen) atoms. The highest BCUT2D eigenvalue weighted by Crippen LogP contribution is 2.54. The van der Waals surface area contributed by atoms with Gasteiger partial charge in [0.15, 0.2) is 6.61 Å². The Balaban J connectivity index is 1.80. The molecule has 0 saturated carbocycles. The van der Waals surface area contributed by atoms with Gasteiger partial charge in [-0.3, -0.25) is 0 Å². The van der Waals surface area contributed by atoms with Crippen LogP contribution >= 0.6 is 0 Å². The predicted octanol–water partition coefficient (Wildman–Crippen LogP) is 6.43. The van der Waals surface area contributed by atoms with Gasteiger partial charge in [0.25, 0.3) is 0 Å². The van der Waals surface area contributed by atoms with Crippen LogP contribution in [-0.2, 0) is 19.0 Å². The van der Waals surface area contributed by atoms with Crippen LogP contribution in [0.15, 0.2) is 30.3 Å². The van der Waals surface area contributed by atoms with E-state index in [0.717, 1.165) is 17.6 Å². The quantitative estimate of drug-likeness (QED) is 0.197. The Bertz CT molecular complexity index is 922. The molecular weight excluding hydrogens is 416 g/mol. The van der Waals surface area contributed by atoms with E-state index in [-0.39, 0.29) is 6.61 Å². The number of rotatable bonds is 13. The standard InChI is InChI=1S/C28H40O5/c1-7-19(5)27-22-11-9-10-21-24(13-12-20(28(21)22)23(27)16-18(3)4)32-17-25(29)33-26(8-2)31-15-14-30-6/h9-13,18-19,23,26-27H,7-8,14-17H2,1-6H3. The molecule has 4 atom stereocenters. The first kappa shape index (κ1) is 25.5. The maximum atomic E-state index is 12.4. The van der Waals surface area contributed by atoms with Gasteiger partial charge in [-0.1, -0.05) is 65.3 Å². The number of hydrogen-bond acceptors (Lipinski definition) is 5. The number of hydrogen-bond donors (Lipinski definition) is 0. The third-order valence-electron chi connectivity index (χ3n) is 6.77. The Hall–Kier alpha value is -2.11. The van der Waals surface area contributed by atoms with Crippen LogP contribution in [0.25, 0.3) is 10.8 Å². The molecule has 0 N–H and O–H groups in total. The van der Waals surface area contributed by atoms with E-state index in [1.165, 1.54) is 22.9 Å². The van der Waals surface area contributed by atoms with E-state index in [1.54, 1.807) is 7.11 Å². The molecule has 0 fully saturated rings. The first-order valence-electron chi connectivity index (χ1n) is 12.4. The van der Waals surface area contributed by atoms with Crippen molar-refractivity contribution in [2.45, 2.75) is 72.0 Å². The second kappa shape index (κ2) is 11.8. The molecule has 0 aromatic heterocycles. The van der Waals surface area contributed by atoms with Crippen molar-refractivity contribution in [3.05, 3.63) is 41.5 Å². The Morgan fingerprint density at radius 2 is 1.79 bits per heavy atom. The summed E-state index contributed by atoms with van der Waals surface area (Å²) in [5, 5.41) is 2.40. The fraction of sp³-hybridized carbons (Fsp3) is 0.607. The average Bonchev–Trinajstić information content (AvgIpc) is 3.11. The molecule has 0 heterocycles. The summed E-state index contributed by atoms with van der Waals surface area (Å²) < 4.78 is 21.9. The molecule has 1 aliphatic carbocycles. The van der Waals surface area contributed by atoms with E-state index in [2.05, 4.69) is 52.0 Å². The first-order chi connectivity index (χ1) is 15.9. The summed E-state index contributed by atoms with van der Waals surface area (Å²) >= 11 is 0. The van der Waals surface area contributed by atoms with Gasteiger partial charge in [0.05, 0.1) is 13.2 Å². The largest absolute Gasteiger partial charge is 0.481 e. The molecule has 2 aromatic rings. The zero-order valence-electron chi connectivity index (χ0n) is 21.1. The molecule has 5 nitrogen and oxygen atoms in total. The van der Waals surface area contributed by atoms with Crippen molar-refractivity contribution in [3.8, 4) is 5.75 Å². The minimum atomic E-state index is -0.586. The van der Waals surface area contributed by atoms with Crippen LogP contribution in [0.5, 0.6) is 5.75 Å². The molecule has 2 aromatic carbocycles. The second-order valence-electron chi connectivity index (χ2n) is 9.55. The van der Waals surface area contributed by atoms with Gasteiger partial charge in [-0.25, -0.2) is 4.79 Å². The van der Waals surface area contributed by atoms with Crippen LogP contribution in [0.3, 0.4) is 0 Å². The summed E-state index contributed by atoms with van der Waals surface area (Å²) in [6, 6.07) is 10.7. The molecule has 0 aliphatic heterocycles. The normalized spacial score (nSPS) is 19.1. The van der Waals surface area contributed by atoms with Gasteiger partial charge in [0, 0.05) is 18.9 Å². The Morgan fingerprint density at radius 3 is 2.45 bits per heavy atom. The van der Waals surface area contributed by atoms with Crippen LogP contribution in [-0.4, -0.2) is 39.2 Å². The zero-order chi connectivity index (χ0) is 24.0. The summed E-state index contributed by atoms with van der Waals surface area (Å²) in [5.74, 6) is 2.58. The second-order valence-corrected chi connectivity index (χ2v) is 9.55. The Kier molecular flexibility index (Phi) is 9.16. The van der Waals surface area contributed by atoms with Crippen LogP contribution in [0.4, 0.5) is 0 Å². The van der Waals surface area contributed by atoms with Crippen LogP contribution < -0.4 is 4.74 Å². The van der Waals surface area contributed by atoms with Crippen LogP contribution in [0, 0.1) is 11.8 Å². The topological polar surface area (TPSA) is 54.0 Å². The summed E-state index contributed by atoms with van der Waals surface area (Å²) in [7, 11) is 1.61. The molecule has 0 saturated heterocycles. The number of methoxy groups -OCH3 is 1. The maximum absolute atomic E-state index is 12.4. The van der Waals surface area contributed by atoms with Gasteiger partial charge in [-0.05, 0) is 52.7 Å². The molecular formula is C28H40O5. The van der Waals surface area contributed by atoms with E-state index in [4.69, 9.17) is 18.9 Å². The van der Waals surface area contributed by atoms with E-state index in [0.29, 0.717) is 43.3 Å². The highest BCUT2D eigenvalue weighted by atomic mass is 16.7. The minimum Gasteiger partial charge on any atom is -0.481 e. The monoisotopic (exact) mass is 456 g/mol. The predicted molar refractivity (Wildman–Crippen MR) is 132 cm³/mol. The van der Waals surface area contributed by atoms with E-state index < -0.39 is 12.3 Å². The smallest absolute Gasteiger partial charge is 0.346 e. The highest BCUT2D eigenvalue weighted by molar-refractivity contribution is 5.96. The minimum absolute atomic E-state index is 0.146. The van der Waals surface area contributed by atoms with Gasteiger partial charge < -0.3 is 18.9 Å². The highest BCUT2D eigenvalue weighted by Gasteiger charge is 2.37. The summed E-state index contributed by atoms with van der Waals surface area (Å²) in [4.78, 5) is 12.4. The fourth-order valence-electron chi connectivity index (χ4n) is 5.11. The van der Waals surface area contributed by atoms with Crippen molar-refractivity contribution in [2.75, 3.05) is 26.9 Å². The maximum Gasteiger partial charge on any atom is 0.346 e. The molecule has 1 aliphatic rings. The van der Waals surface area contributed by atoms with Crippen molar-refractivity contribution in [1.82, 2.24) is 0 Å². The number of ether oxygens (including phenoxy) is 4. The summed E-state index contributed by atoms with van der Waals surface area (Å²) in [6.45, 7) is 11.9. The molecule has 0 amide bonds. The number of carbonyl (C=O) groups excluding carboxylic acids is 1. The molecule has 3 rings (SSSR count). The molecule has 0 bridgehead atoms. The summed E-state index contributed by atoms with van der Waals surface area (Å²) in [6.07, 6.45) is 2.32. The lowest BCUT2D eigenvalue weighted by atomic mass is 9.76. The van der Waals surface area contributed by atoms with Crippen molar-refractivity contribution in [1.29, 1.82) is 0 Å². The van der Waals surface area contributed by atoms with Crippen molar-refractivity contribution in [2.24, 2.45) is 11.8 Å². The molecule has 4 unspecified atom stereocenters. The summed E-state index contributed by atoms with van der Waals surface area (Å²) in [5.41, 5.74) is 2.85. The van der Waals surface area contributed by atoms with E-state index in [9.17, 15) is 4.79 Å². The lowest BCUT2D eigenvalue weighted by Crippen LogP contribution is -2.25. The van der Waals surface area contributed by atoms with Gasteiger partial charge >= 0.3 is 5.97 Å². The molecule has 0 spiro atoms. The van der Waals surface area contributed by atoms with Gasteiger partial charge in [0.2, 0.25) is 6.29 Å². The van der Waals surface area contributed by atoms with E-state index >= 15 is 0 Å². The van der Waals surface area contributed by atoms with Crippen LogP contribution in [0.1, 0.15) is 76.8 Å². The molecule has 182 valence electrons. The van der Waals surface area contributed by atoms with Crippen LogP contribution in [0.2, 0.25) is 0 Å². The van der Waals surface area contributed by atoms with Crippen molar-refractivity contribution < 1.29 is 23.7 Å². The fourth-order valence-corrected chi connectivity index (χ4v) is 5.11. The average molecular weight is 457 g/mol. The Labute approximate surface area is 198 Å². The number of esters is 1. The molecule has 5 heteroatoms. The van der Waals surface area contributed by atoms with E-state index in [1.807, 2.05) is 13.0 Å². The number of benzene rings is 2. The molecule has 0 radical (unpaired) electrons. The van der Waals surface area contributed by atoms with Gasteiger partial charge in [-0.15, -0.1) is 0 Å². The van der Waals surface area contributed by atoms with Crippen molar-refractivity contribution in [3.63, 3.8) is 0 Å². The number of carbonyl (C=O) groups is 1. The SMILES string of the molecule is CCC(OCCOC)OC(=O)COc1ccc2c3c(cccc13)C(C(C)CC)C2CC(C)C. The lowest BCUT2D eigenvalue weighted by Gasteiger charge is -2.28. The first-order valence-corrected chi connectivity index (χ1v) is 12.4. The van der Waals surface area contributed by atoms with Crippen molar-refractivity contribution >= 4 is 16.7 Å². The van der Waals surface area contributed by atoms with Gasteiger partial charge in [-0.2, -0.15) is 0 Å². The zero-order valence-corrected chi connectivity index (χ0v) is 21.1. The lowest BCUT2D eigenvalue weighted by molar-refractivity contribution is -0.183. The Morgan fingerprint density at radius 1 is 1.00 bits per heavy atom. The third-order valence-corrected chi connectivity index (χ3v) is 6.77.